The van der Waals surface area contributed by atoms with Crippen LogP contribution in [0.4, 0.5) is 0 Å². The maximum Gasteiger partial charge on any atom is 0.295 e. The van der Waals surface area contributed by atoms with E-state index in [0.29, 0.717) is 55.2 Å². The number of ether oxygens (including phenoxy) is 3. The lowest BCUT2D eigenvalue weighted by atomic mass is 9.94. The van der Waals surface area contributed by atoms with Gasteiger partial charge in [-0.2, -0.15) is 0 Å². The number of Topliss-reactive ketones (excluding diaryl/α,β-unsaturated/α-hetero) is 1. The first-order chi connectivity index (χ1) is 19.4. The molecule has 0 aliphatic carbocycles. The molecule has 1 amide bonds. The highest BCUT2D eigenvalue weighted by atomic mass is 16.5. The fourth-order valence-corrected chi connectivity index (χ4v) is 5.37. The Hall–Kier alpha value is -4.26. The van der Waals surface area contributed by atoms with Crippen molar-refractivity contribution in [1.82, 2.24) is 4.90 Å². The summed E-state index contributed by atoms with van der Waals surface area (Å²) >= 11 is 0. The lowest BCUT2D eigenvalue weighted by molar-refractivity contribution is -0.139. The largest absolute Gasteiger partial charge is 0.507 e. The van der Waals surface area contributed by atoms with Crippen LogP contribution in [0.25, 0.3) is 5.76 Å². The van der Waals surface area contributed by atoms with Gasteiger partial charge in [0.05, 0.1) is 24.8 Å². The third kappa shape index (κ3) is 5.41. The van der Waals surface area contributed by atoms with Crippen molar-refractivity contribution in [3.8, 4) is 17.2 Å². The molecular formula is C33H35NO6. The minimum atomic E-state index is -0.786. The van der Waals surface area contributed by atoms with Gasteiger partial charge in [0.1, 0.15) is 17.6 Å². The highest BCUT2D eigenvalue weighted by Gasteiger charge is 2.46. The highest BCUT2D eigenvalue weighted by molar-refractivity contribution is 6.46. The molecule has 2 atom stereocenters. The minimum Gasteiger partial charge on any atom is -0.507 e. The number of aliphatic hydroxyl groups is 1. The highest BCUT2D eigenvalue weighted by Crippen LogP contribution is 2.43. The molecule has 208 valence electrons. The summed E-state index contributed by atoms with van der Waals surface area (Å²) in [6, 6.07) is 19.9. The lowest BCUT2D eigenvalue weighted by Gasteiger charge is -2.26. The second-order valence-corrected chi connectivity index (χ2v) is 10.2. The van der Waals surface area contributed by atoms with E-state index in [1.54, 1.807) is 23.1 Å². The van der Waals surface area contributed by atoms with Crippen LogP contribution in [0, 0.1) is 0 Å². The Morgan fingerprint density at radius 2 is 1.80 bits per heavy atom. The Morgan fingerprint density at radius 3 is 2.55 bits per heavy atom. The Kier molecular flexibility index (Phi) is 8.10. The fourth-order valence-electron chi connectivity index (χ4n) is 5.37. The van der Waals surface area contributed by atoms with Gasteiger partial charge in [-0.25, -0.2) is 0 Å². The third-order valence-electron chi connectivity index (χ3n) is 7.24. The molecule has 1 N–H and O–H groups in total. The van der Waals surface area contributed by atoms with Crippen LogP contribution in [0.3, 0.4) is 0 Å². The van der Waals surface area contributed by atoms with Gasteiger partial charge in [-0.3, -0.25) is 9.59 Å². The van der Waals surface area contributed by atoms with Crippen molar-refractivity contribution in [2.75, 3.05) is 19.8 Å². The zero-order valence-electron chi connectivity index (χ0n) is 23.2. The van der Waals surface area contributed by atoms with Gasteiger partial charge in [-0.05, 0) is 73.7 Å². The van der Waals surface area contributed by atoms with E-state index in [-0.39, 0.29) is 17.4 Å². The smallest absolute Gasteiger partial charge is 0.295 e. The van der Waals surface area contributed by atoms with Gasteiger partial charge in [0, 0.05) is 18.5 Å². The molecule has 0 bridgehead atoms. The Balaban J connectivity index is 1.59. The zero-order chi connectivity index (χ0) is 28.2. The summed E-state index contributed by atoms with van der Waals surface area (Å²) in [6.07, 6.45) is 2.16. The minimum absolute atomic E-state index is 0.0430. The molecule has 0 radical (unpaired) electrons. The zero-order valence-corrected chi connectivity index (χ0v) is 23.2. The van der Waals surface area contributed by atoms with Crippen LogP contribution >= 0.6 is 0 Å². The monoisotopic (exact) mass is 541 g/mol. The fraction of sp³-hybridized carbons (Fsp3) is 0.333. The summed E-state index contributed by atoms with van der Waals surface area (Å²) in [5.74, 6) is 0.368. The van der Waals surface area contributed by atoms with E-state index < -0.39 is 17.7 Å². The molecule has 40 heavy (non-hydrogen) atoms. The van der Waals surface area contributed by atoms with Crippen molar-refractivity contribution in [3.05, 3.63) is 94.6 Å². The second kappa shape index (κ2) is 11.9. The Morgan fingerprint density at radius 1 is 1.00 bits per heavy atom. The first-order valence-corrected chi connectivity index (χ1v) is 13.9. The van der Waals surface area contributed by atoms with Crippen LogP contribution in [-0.4, -0.2) is 47.6 Å². The summed E-state index contributed by atoms with van der Waals surface area (Å²) in [5.41, 5.74) is 3.22. The van der Waals surface area contributed by atoms with Crippen LogP contribution in [0.5, 0.6) is 17.2 Å². The van der Waals surface area contributed by atoms with E-state index in [1.165, 1.54) is 0 Å². The summed E-state index contributed by atoms with van der Waals surface area (Å²) in [7, 11) is 0. The molecule has 1 saturated heterocycles. The number of benzene rings is 3. The number of aliphatic hydroxyl groups excluding tert-OH is 1. The number of nitrogens with zero attached hydrogens (tertiary/aromatic N) is 1. The standard InChI is InChI=1S/C33H35NO6/c1-4-17-39-27-14-11-23(20-28(27)38-5-2)30-29(31(35)24-12-13-26-25(19-24)18-21(3)40-26)32(36)33(37)34(30)16-15-22-9-7-6-8-10-22/h6-14,19-21,30,35H,4-5,15-18H2,1-3H3/b31-29+. The van der Waals surface area contributed by atoms with Crippen molar-refractivity contribution in [2.45, 2.75) is 52.2 Å². The summed E-state index contributed by atoms with van der Waals surface area (Å²) in [5, 5.41) is 11.6. The average Bonchev–Trinajstić information content (AvgIpc) is 3.46. The van der Waals surface area contributed by atoms with Crippen LogP contribution in [-0.2, 0) is 22.4 Å². The number of amides is 1. The predicted molar refractivity (Wildman–Crippen MR) is 153 cm³/mol. The van der Waals surface area contributed by atoms with E-state index in [4.69, 9.17) is 14.2 Å². The summed E-state index contributed by atoms with van der Waals surface area (Å²) < 4.78 is 17.6. The first-order valence-electron chi connectivity index (χ1n) is 13.9. The first kappa shape index (κ1) is 27.3. The lowest BCUT2D eigenvalue weighted by Crippen LogP contribution is -2.31. The average molecular weight is 542 g/mol. The molecule has 0 aromatic heterocycles. The Labute approximate surface area is 235 Å². The van der Waals surface area contributed by atoms with Gasteiger partial charge < -0.3 is 24.2 Å². The third-order valence-corrected chi connectivity index (χ3v) is 7.24. The maximum absolute atomic E-state index is 13.5. The Bertz CT molecular complexity index is 1430. The molecule has 3 aromatic carbocycles. The van der Waals surface area contributed by atoms with Crippen molar-refractivity contribution in [1.29, 1.82) is 0 Å². The van der Waals surface area contributed by atoms with Crippen molar-refractivity contribution < 1.29 is 28.9 Å². The molecule has 7 heteroatoms. The van der Waals surface area contributed by atoms with Crippen LogP contribution in [0.1, 0.15) is 55.5 Å². The van der Waals surface area contributed by atoms with Crippen LogP contribution in [0.15, 0.2) is 72.3 Å². The number of hydrogen-bond acceptors (Lipinski definition) is 6. The number of ketones is 1. The molecular weight excluding hydrogens is 506 g/mol. The van der Waals surface area contributed by atoms with Gasteiger partial charge >= 0.3 is 0 Å². The molecule has 0 spiro atoms. The topological polar surface area (TPSA) is 85.3 Å². The van der Waals surface area contributed by atoms with Gasteiger partial charge in [-0.1, -0.05) is 43.3 Å². The number of likely N-dealkylation sites (tertiary alicyclic amines) is 1. The number of fused-ring (bicyclic) bond motifs is 1. The van der Waals surface area contributed by atoms with E-state index in [9.17, 15) is 14.7 Å². The number of rotatable bonds is 10. The van der Waals surface area contributed by atoms with Crippen LogP contribution in [0.2, 0.25) is 0 Å². The van der Waals surface area contributed by atoms with Crippen molar-refractivity contribution in [3.63, 3.8) is 0 Å². The molecule has 5 rings (SSSR count). The molecule has 1 fully saturated rings. The number of carbonyl (C=O) groups excluding carboxylic acids is 2. The van der Waals surface area contributed by atoms with Gasteiger partial charge in [-0.15, -0.1) is 0 Å². The van der Waals surface area contributed by atoms with E-state index >= 15 is 0 Å². The molecule has 3 aromatic rings. The summed E-state index contributed by atoms with van der Waals surface area (Å²) in [4.78, 5) is 28.6. The quantitative estimate of drug-likeness (QED) is 0.197. The van der Waals surface area contributed by atoms with Crippen molar-refractivity contribution >= 4 is 17.4 Å². The van der Waals surface area contributed by atoms with E-state index in [1.807, 2.05) is 69.3 Å². The summed E-state index contributed by atoms with van der Waals surface area (Å²) in [6.45, 7) is 7.18. The van der Waals surface area contributed by atoms with Gasteiger partial charge in [0.2, 0.25) is 0 Å². The van der Waals surface area contributed by atoms with E-state index in [2.05, 4.69) is 0 Å². The molecule has 0 saturated carbocycles. The predicted octanol–water partition coefficient (Wildman–Crippen LogP) is 5.86. The normalized spacial score (nSPS) is 19.4. The molecule has 2 heterocycles. The van der Waals surface area contributed by atoms with E-state index in [0.717, 1.165) is 23.3 Å². The molecule has 2 aliphatic heterocycles. The van der Waals surface area contributed by atoms with Crippen molar-refractivity contribution in [2.24, 2.45) is 0 Å². The second-order valence-electron chi connectivity index (χ2n) is 10.2. The molecule has 2 unspecified atom stereocenters. The molecule has 7 nitrogen and oxygen atoms in total. The SMILES string of the molecule is CCCOc1ccc(C2/C(=C(\O)c3ccc4c(c3)CC(C)O4)C(=O)C(=O)N2CCc2ccccc2)cc1OCC. The van der Waals surface area contributed by atoms with Crippen LogP contribution < -0.4 is 14.2 Å². The molecule has 2 aliphatic rings. The van der Waals surface area contributed by atoms with Gasteiger partial charge in [0.25, 0.3) is 11.7 Å². The number of carbonyl (C=O) groups is 2. The number of hydrogen-bond donors (Lipinski definition) is 1. The van der Waals surface area contributed by atoms with Gasteiger partial charge in [0.15, 0.2) is 11.5 Å². The maximum atomic E-state index is 13.5.